The summed E-state index contributed by atoms with van der Waals surface area (Å²) in [6.07, 6.45) is 2.10. The maximum absolute atomic E-state index is 2.65. The zero-order valence-electron chi connectivity index (χ0n) is 24.1. The maximum Gasteiger partial charge on any atom is 0.0462 e. The van der Waals surface area contributed by atoms with Crippen molar-refractivity contribution in [2.75, 3.05) is 0 Å². The maximum atomic E-state index is 2.65. The molecule has 0 amide bonds. The summed E-state index contributed by atoms with van der Waals surface area (Å²) >= 11 is 0. The van der Waals surface area contributed by atoms with Gasteiger partial charge in [0.05, 0.1) is 0 Å². The zero-order valence-corrected chi connectivity index (χ0v) is 24.1. The molecule has 0 fully saturated rings. The standard InChI is InChI=1S/C40H38/c1-37(2)27-39(29-17-9-5-10-18-29,30-19-11-6-12-20-30)35-26-36-34(25-33(35)37)38(3,4)28-40(36,31-21-13-7-14-22-31)32-23-15-8-16-24-32/h5-26H,27-28H2,1-4H3. The number of fused-ring (bicyclic) bond motifs is 2. The van der Waals surface area contributed by atoms with Gasteiger partial charge in [0.25, 0.3) is 0 Å². The fraction of sp³-hybridized carbons (Fsp3) is 0.250. The summed E-state index contributed by atoms with van der Waals surface area (Å²) in [5, 5.41) is 0. The Morgan fingerprint density at radius 1 is 0.350 bits per heavy atom. The molecule has 5 aromatic rings. The summed E-state index contributed by atoms with van der Waals surface area (Å²) in [5.74, 6) is 0. The van der Waals surface area contributed by atoms with Gasteiger partial charge in [0, 0.05) is 10.8 Å². The van der Waals surface area contributed by atoms with Gasteiger partial charge in [-0.15, -0.1) is 0 Å². The lowest BCUT2D eigenvalue weighted by atomic mass is 9.66. The van der Waals surface area contributed by atoms with Crippen LogP contribution in [-0.2, 0) is 21.7 Å². The van der Waals surface area contributed by atoms with Crippen LogP contribution in [-0.4, -0.2) is 0 Å². The van der Waals surface area contributed by atoms with Crippen molar-refractivity contribution in [2.24, 2.45) is 0 Å². The van der Waals surface area contributed by atoms with Crippen molar-refractivity contribution in [2.45, 2.75) is 62.2 Å². The highest BCUT2D eigenvalue weighted by atomic mass is 14.6. The van der Waals surface area contributed by atoms with Crippen molar-refractivity contribution in [1.29, 1.82) is 0 Å². The third kappa shape index (κ3) is 3.45. The second-order valence-electron chi connectivity index (χ2n) is 13.3. The molecule has 0 saturated carbocycles. The van der Waals surface area contributed by atoms with E-state index in [2.05, 4.69) is 161 Å². The predicted octanol–water partition coefficient (Wildman–Crippen LogP) is 9.72. The number of benzene rings is 5. The topological polar surface area (TPSA) is 0 Å². The summed E-state index contributed by atoms with van der Waals surface area (Å²) < 4.78 is 0. The van der Waals surface area contributed by atoms with Crippen molar-refractivity contribution >= 4 is 0 Å². The van der Waals surface area contributed by atoms with E-state index in [1.54, 1.807) is 0 Å². The van der Waals surface area contributed by atoms with E-state index in [9.17, 15) is 0 Å². The first-order chi connectivity index (χ1) is 19.3. The largest absolute Gasteiger partial charge is 0.0622 e. The molecule has 2 aliphatic carbocycles. The number of hydrogen-bond donors (Lipinski definition) is 0. The second kappa shape index (κ2) is 8.80. The molecule has 198 valence electrons. The van der Waals surface area contributed by atoms with Crippen molar-refractivity contribution in [3.63, 3.8) is 0 Å². The predicted molar refractivity (Wildman–Crippen MR) is 167 cm³/mol. The summed E-state index contributed by atoms with van der Waals surface area (Å²) in [4.78, 5) is 0. The molecular formula is C40H38. The Balaban J connectivity index is 1.61. The van der Waals surface area contributed by atoms with Gasteiger partial charge < -0.3 is 0 Å². The SMILES string of the molecule is CC1(C)CC(c2ccccc2)(c2ccccc2)c2cc3c(cc21)C(C)(C)CC3(c1ccccc1)c1ccccc1. The molecule has 0 heteroatoms. The first-order valence-electron chi connectivity index (χ1n) is 14.7. The third-order valence-corrected chi connectivity index (χ3v) is 10.0. The molecule has 7 rings (SSSR count). The Hall–Kier alpha value is -3.90. The van der Waals surface area contributed by atoms with Crippen LogP contribution in [0.5, 0.6) is 0 Å². The Morgan fingerprint density at radius 3 is 0.875 bits per heavy atom. The van der Waals surface area contributed by atoms with Gasteiger partial charge in [0.1, 0.15) is 0 Å². The summed E-state index contributed by atoms with van der Waals surface area (Å²) in [6.45, 7) is 9.82. The van der Waals surface area contributed by atoms with Crippen molar-refractivity contribution < 1.29 is 0 Å². The van der Waals surface area contributed by atoms with E-state index in [1.165, 1.54) is 44.5 Å². The molecule has 0 unspecified atom stereocenters. The molecule has 0 heterocycles. The minimum Gasteiger partial charge on any atom is -0.0622 e. The van der Waals surface area contributed by atoms with Crippen LogP contribution in [0.15, 0.2) is 133 Å². The van der Waals surface area contributed by atoms with Crippen LogP contribution in [0.4, 0.5) is 0 Å². The van der Waals surface area contributed by atoms with E-state index in [1.807, 2.05) is 0 Å². The monoisotopic (exact) mass is 518 g/mol. The van der Waals surface area contributed by atoms with Crippen LogP contribution in [0.25, 0.3) is 0 Å². The zero-order chi connectivity index (χ0) is 27.6. The average molecular weight is 519 g/mol. The van der Waals surface area contributed by atoms with Crippen molar-refractivity contribution in [3.8, 4) is 0 Å². The molecule has 0 atom stereocenters. The van der Waals surface area contributed by atoms with Crippen LogP contribution in [0.2, 0.25) is 0 Å². The van der Waals surface area contributed by atoms with Gasteiger partial charge in [0.2, 0.25) is 0 Å². The van der Waals surface area contributed by atoms with Crippen molar-refractivity contribution in [1.82, 2.24) is 0 Å². The van der Waals surface area contributed by atoms with Crippen LogP contribution in [0, 0.1) is 0 Å². The lowest BCUT2D eigenvalue weighted by Gasteiger charge is -2.36. The van der Waals surface area contributed by atoms with E-state index in [4.69, 9.17) is 0 Å². The summed E-state index contributed by atoms with van der Waals surface area (Å²) in [5.41, 5.74) is 11.2. The molecule has 0 radical (unpaired) electrons. The molecule has 5 aromatic carbocycles. The van der Waals surface area contributed by atoms with E-state index in [0.717, 1.165) is 12.8 Å². The molecule has 0 bridgehead atoms. The Kier molecular flexibility index (Phi) is 5.52. The third-order valence-electron chi connectivity index (χ3n) is 10.0. The molecule has 2 aliphatic rings. The highest BCUT2D eigenvalue weighted by Gasteiger charge is 2.55. The van der Waals surface area contributed by atoms with Crippen molar-refractivity contribution in [3.05, 3.63) is 178 Å². The normalized spacial score (nSPS) is 19.1. The molecule has 0 nitrogen and oxygen atoms in total. The fourth-order valence-corrected chi connectivity index (χ4v) is 8.39. The van der Waals surface area contributed by atoms with E-state index < -0.39 is 0 Å². The van der Waals surface area contributed by atoms with Gasteiger partial charge in [-0.2, -0.15) is 0 Å². The van der Waals surface area contributed by atoms with Crippen LogP contribution in [0.3, 0.4) is 0 Å². The van der Waals surface area contributed by atoms with Crippen LogP contribution >= 0.6 is 0 Å². The Morgan fingerprint density at radius 2 is 0.600 bits per heavy atom. The molecule has 0 aromatic heterocycles. The molecule has 0 saturated heterocycles. The summed E-state index contributed by atoms with van der Waals surface area (Å²) in [7, 11) is 0. The smallest absolute Gasteiger partial charge is 0.0462 e. The minimum atomic E-state index is -0.206. The van der Waals surface area contributed by atoms with Crippen LogP contribution in [0.1, 0.15) is 85.0 Å². The second-order valence-corrected chi connectivity index (χ2v) is 13.3. The van der Waals surface area contributed by atoms with Gasteiger partial charge in [-0.25, -0.2) is 0 Å². The average Bonchev–Trinajstić information content (AvgIpc) is 3.39. The van der Waals surface area contributed by atoms with Gasteiger partial charge in [-0.05, 0) is 68.2 Å². The Bertz CT molecular complexity index is 1460. The lowest BCUT2D eigenvalue weighted by Crippen LogP contribution is -2.30. The lowest BCUT2D eigenvalue weighted by molar-refractivity contribution is 0.435. The minimum absolute atomic E-state index is 0.0386. The molecule has 0 aliphatic heterocycles. The van der Waals surface area contributed by atoms with Crippen LogP contribution < -0.4 is 0 Å². The van der Waals surface area contributed by atoms with Gasteiger partial charge >= 0.3 is 0 Å². The highest BCUT2D eigenvalue weighted by Crippen LogP contribution is 2.62. The molecule has 0 spiro atoms. The van der Waals surface area contributed by atoms with E-state index in [0.29, 0.717) is 0 Å². The van der Waals surface area contributed by atoms with E-state index in [-0.39, 0.29) is 21.7 Å². The highest BCUT2D eigenvalue weighted by molar-refractivity contribution is 5.67. The van der Waals surface area contributed by atoms with E-state index >= 15 is 0 Å². The molecular weight excluding hydrogens is 480 g/mol. The Labute approximate surface area is 239 Å². The first-order valence-corrected chi connectivity index (χ1v) is 14.7. The van der Waals surface area contributed by atoms with Gasteiger partial charge in [-0.1, -0.05) is 161 Å². The summed E-state index contributed by atoms with van der Waals surface area (Å²) in [6, 6.07) is 50.3. The first kappa shape index (κ1) is 25.1. The number of hydrogen-bond acceptors (Lipinski definition) is 0. The van der Waals surface area contributed by atoms with Gasteiger partial charge in [-0.3, -0.25) is 0 Å². The molecule has 0 N–H and O–H groups in total. The quantitative estimate of drug-likeness (QED) is 0.222. The molecule has 40 heavy (non-hydrogen) atoms. The number of rotatable bonds is 4. The van der Waals surface area contributed by atoms with Gasteiger partial charge in [0.15, 0.2) is 0 Å². The fourth-order valence-electron chi connectivity index (χ4n) is 8.39.